The molecule has 1 saturated heterocycles. The Balaban J connectivity index is 1.22. The molecule has 1 aliphatic rings. The predicted molar refractivity (Wildman–Crippen MR) is 217 cm³/mol. The number of anilines is 1. The van der Waals surface area contributed by atoms with Crippen molar-refractivity contribution in [3.05, 3.63) is 53.5 Å². The number of unbranched alkanes of at least 4 members (excludes halogenated alkanes) is 16. The van der Waals surface area contributed by atoms with Crippen molar-refractivity contribution in [2.24, 2.45) is 0 Å². The average molecular weight is 811 g/mol. The molecular weight excluding hydrogens is 747 g/mol. The van der Waals surface area contributed by atoms with E-state index in [0.29, 0.717) is 28.9 Å². The number of aliphatic hydroxyl groups excluding tert-OH is 1. The quantitative estimate of drug-likeness (QED) is 0.0442. The van der Waals surface area contributed by atoms with Gasteiger partial charge in [-0.05, 0) is 36.2 Å². The number of fused-ring (bicyclic) bond motifs is 1. The van der Waals surface area contributed by atoms with E-state index in [-0.39, 0.29) is 25.5 Å². The number of methoxy groups -OCH3 is 1. The van der Waals surface area contributed by atoms with E-state index in [4.69, 9.17) is 29.0 Å². The molecule has 1 unspecified atom stereocenters. The lowest BCUT2D eigenvalue weighted by molar-refractivity contribution is -0.0763. The molecule has 0 amide bonds. The first-order valence-corrected chi connectivity index (χ1v) is 22.3. The van der Waals surface area contributed by atoms with Crippen molar-refractivity contribution in [3.63, 3.8) is 0 Å². The van der Waals surface area contributed by atoms with Gasteiger partial charge in [0.1, 0.15) is 48.5 Å². The zero-order chi connectivity index (χ0) is 40.9. The van der Waals surface area contributed by atoms with Crippen molar-refractivity contribution >= 4 is 19.2 Å². The van der Waals surface area contributed by atoms with Gasteiger partial charge < -0.3 is 29.9 Å². The molecular formula is C42H63N6O8P. The second-order valence-corrected chi connectivity index (χ2v) is 16.6. The van der Waals surface area contributed by atoms with Crippen LogP contribution in [0.15, 0.2) is 36.7 Å². The van der Waals surface area contributed by atoms with Crippen LogP contribution in [-0.2, 0) is 29.7 Å². The molecule has 0 radical (unpaired) electrons. The smallest absolute Gasteiger partial charge is 0.472 e. The summed E-state index contributed by atoms with van der Waals surface area (Å²) in [5.41, 5.74) is 6.25. The van der Waals surface area contributed by atoms with E-state index in [9.17, 15) is 25.1 Å². The van der Waals surface area contributed by atoms with Crippen molar-refractivity contribution in [2.45, 2.75) is 159 Å². The number of phosphoric acid groups is 1. The Bertz CT molecular complexity index is 1780. The molecule has 1 aliphatic heterocycles. The third-order valence-corrected chi connectivity index (χ3v) is 11.7. The van der Waals surface area contributed by atoms with Crippen LogP contribution in [0, 0.1) is 22.7 Å². The minimum Gasteiger partial charge on any atom is -0.495 e. The summed E-state index contributed by atoms with van der Waals surface area (Å²) in [5.74, 6) is 0.687. The Labute approximate surface area is 338 Å². The van der Waals surface area contributed by atoms with Gasteiger partial charge in [-0.3, -0.25) is 9.05 Å². The minimum absolute atomic E-state index is 0.0128. The number of nitriles is 2. The van der Waals surface area contributed by atoms with Crippen molar-refractivity contribution < 1.29 is 37.8 Å². The van der Waals surface area contributed by atoms with Crippen LogP contribution in [0.2, 0.25) is 0 Å². The topological polar surface area (TPSA) is 207 Å². The van der Waals surface area contributed by atoms with Gasteiger partial charge >= 0.3 is 7.82 Å². The molecule has 57 heavy (non-hydrogen) atoms. The number of aromatic nitrogens is 3. The lowest BCUT2D eigenvalue weighted by Crippen LogP contribution is -2.42. The highest BCUT2D eigenvalue weighted by Crippen LogP contribution is 2.47. The van der Waals surface area contributed by atoms with Gasteiger partial charge in [0.2, 0.25) is 5.60 Å². The largest absolute Gasteiger partial charge is 0.495 e. The summed E-state index contributed by atoms with van der Waals surface area (Å²) in [7, 11) is -3.23. The minimum atomic E-state index is -4.72. The molecule has 1 fully saturated rings. The van der Waals surface area contributed by atoms with Gasteiger partial charge in [-0.1, -0.05) is 122 Å². The summed E-state index contributed by atoms with van der Waals surface area (Å²) >= 11 is 0. The highest BCUT2D eigenvalue weighted by molar-refractivity contribution is 7.47. The van der Waals surface area contributed by atoms with Crippen LogP contribution in [0.4, 0.5) is 5.82 Å². The second kappa shape index (κ2) is 24.4. The lowest BCUT2D eigenvalue weighted by Gasteiger charge is -2.26. The number of nitrogen functional groups attached to an aromatic ring is 1. The molecule has 14 nitrogen and oxygen atoms in total. The molecule has 4 rings (SSSR count). The van der Waals surface area contributed by atoms with Crippen LogP contribution in [0.3, 0.4) is 0 Å². The first kappa shape index (κ1) is 46.1. The number of rotatable bonds is 29. The lowest BCUT2D eigenvalue weighted by atomic mass is 9.99. The number of ether oxygens (including phenoxy) is 3. The molecule has 0 aliphatic carbocycles. The molecule has 0 bridgehead atoms. The van der Waals surface area contributed by atoms with Crippen LogP contribution in [0.5, 0.6) is 5.75 Å². The molecule has 1 aromatic carbocycles. The molecule has 5 atom stereocenters. The van der Waals surface area contributed by atoms with E-state index in [1.54, 1.807) is 30.3 Å². The van der Waals surface area contributed by atoms with Crippen molar-refractivity contribution in [2.75, 3.05) is 26.1 Å². The van der Waals surface area contributed by atoms with Crippen LogP contribution < -0.4 is 10.5 Å². The van der Waals surface area contributed by atoms with Crippen molar-refractivity contribution in [3.8, 4) is 17.9 Å². The number of nitrogens with two attached hydrogens (primary N) is 1. The van der Waals surface area contributed by atoms with E-state index in [1.807, 2.05) is 6.07 Å². The van der Waals surface area contributed by atoms with E-state index >= 15 is 0 Å². The predicted octanol–water partition coefficient (Wildman–Crippen LogP) is 9.04. The van der Waals surface area contributed by atoms with Gasteiger partial charge in [0.15, 0.2) is 5.82 Å². The van der Waals surface area contributed by atoms with Crippen LogP contribution in [0.25, 0.3) is 5.52 Å². The summed E-state index contributed by atoms with van der Waals surface area (Å²) in [6, 6.07) is 12.6. The van der Waals surface area contributed by atoms with Gasteiger partial charge in [-0.15, -0.1) is 0 Å². The maximum Gasteiger partial charge on any atom is 0.472 e. The monoisotopic (exact) mass is 810 g/mol. The normalized spacial score (nSPS) is 19.6. The third kappa shape index (κ3) is 14.6. The Hall–Kier alpha value is -3.59. The van der Waals surface area contributed by atoms with E-state index in [1.165, 1.54) is 108 Å². The second-order valence-electron chi connectivity index (χ2n) is 15.1. The van der Waals surface area contributed by atoms with Crippen LogP contribution >= 0.6 is 7.82 Å². The highest BCUT2D eigenvalue weighted by atomic mass is 31.2. The first-order valence-electron chi connectivity index (χ1n) is 20.8. The Morgan fingerprint density at radius 3 is 2.19 bits per heavy atom. The third-order valence-electron chi connectivity index (χ3n) is 10.7. The fourth-order valence-electron chi connectivity index (χ4n) is 7.27. The van der Waals surface area contributed by atoms with E-state index in [0.717, 1.165) is 24.8 Å². The van der Waals surface area contributed by atoms with E-state index < -0.39 is 38.3 Å². The number of benzene rings is 1. The summed E-state index contributed by atoms with van der Waals surface area (Å²) in [6.45, 7) is 1.46. The summed E-state index contributed by atoms with van der Waals surface area (Å²) in [6.07, 6.45) is 20.7. The summed E-state index contributed by atoms with van der Waals surface area (Å²) in [5, 5.41) is 34.5. The molecule has 0 spiro atoms. The summed E-state index contributed by atoms with van der Waals surface area (Å²) in [4.78, 5) is 14.7. The van der Waals surface area contributed by atoms with Gasteiger partial charge in [0.05, 0.1) is 37.7 Å². The zero-order valence-electron chi connectivity index (χ0n) is 33.9. The Morgan fingerprint density at radius 2 is 1.60 bits per heavy atom. The van der Waals surface area contributed by atoms with Gasteiger partial charge in [0.25, 0.3) is 0 Å². The fraction of sp³-hybridized carbons (Fsp3) is 0.667. The molecule has 2 aromatic heterocycles. The Kier molecular flexibility index (Phi) is 19.7. The number of hydrogen-bond acceptors (Lipinski definition) is 12. The van der Waals surface area contributed by atoms with Gasteiger partial charge in [-0.25, -0.2) is 14.1 Å². The standard InChI is InChI=1S/C42H63N6O8P/c1-3-4-5-6-7-8-9-10-11-12-13-14-15-16-17-18-19-20-35(53-28-33-21-22-34(27-43)38(25-33)52-2)29-54-57(50,51)55-31-42(30-44)40(49)26-39(56-42)36-23-24-37-41(45)46-32-47-48(36)37/h21-25,32,35,39-40,49H,3-20,26,28-29,31H2,1-2H3,(H,50,51)(H2,45,46,47)/t35-,39-,40+,42-/m1/s1. The molecule has 4 N–H and O–H groups in total. The van der Waals surface area contributed by atoms with Crippen molar-refractivity contribution in [1.82, 2.24) is 14.6 Å². The number of phosphoric ester groups is 1. The molecule has 314 valence electrons. The molecule has 3 aromatic rings. The first-order chi connectivity index (χ1) is 27.6. The van der Waals surface area contributed by atoms with Gasteiger partial charge in [0, 0.05) is 6.42 Å². The molecule has 15 heteroatoms. The SMILES string of the molecule is CCCCCCCCCCCCCCCCCCC[C@H](COP(=O)(O)OC[C@@]1(C#N)O[C@@H](c2ccc3c(N)ncnn23)C[C@@H]1O)OCc1ccc(C#N)c(OC)c1. The summed E-state index contributed by atoms with van der Waals surface area (Å²) < 4.78 is 42.9. The maximum atomic E-state index is 13.2. The van der Waals surface area contributed by atoms with E-state index in [2.05, 4.69) is 23.1 Å². The highest BCUT2D eigenvalue weighted by Gasteiger charge is 2.51. The Morgan fingerprint density at radius 1 is 0.965 bits per heavy atom. The zero-order valence-corrected chi connectivity index (χ0v) is 34.8. The maximum absolute atomic E-state index is 13.2. The number of hydrogen-bond donors (Lipinski definition) is 3. The number of aliphatic hydroxyl groups is 1. The van der Waals surface area contributed by atoms with Crippen LogP contribution in [0.1, 0.15) is 152 Å². The van der Waals surface area contributed by atoms with Crippen molar-refractivity contribution in [1.29, 1.82) is 10.5 Å². The molecule has 0 saturated carbocycles. The van der Waals surface area contributed by atoms with Crippen LogP contribution in [-0.4, -0.2) is 62.7 Å². The number of nitrogens with zero attached hydrogens (tertiary/aromatic N) is 5. The molecule has 3 heterocycles. The average Bonchev–Trinajstić information content (AvgIpc) is 3.80. The fourth-order valence-corrected chi connectivity index (χ4v) is 8.05. The van der Waals surface area contributed by atoms with Gasteiger partial charge in [-0.2, -0.15) is 15.6 Å².